The minimum Gasteiger partial charge on any atom is -0.481 e. The van der Waals surface area contributed by atoms with Crippen LogP contribution in [0, 0.1) is 5.92 Å². The first-order valence-electron chi connectivity index (χ1n) is 6.06. The Morgan fingerprint density at radius 3 is 3.06 bits per heavy atom. The van der Waals surface area contributed by atoms with Crippen molar-refractivity contribution in [1.82, 2.24) is 0 Å². The molecular weight excluding hydrogens is 216 g/mol. The Kier molecular flexibility index (Phi) is 3.79. The number of aliphatic carboxylic acids is 1. The largest absolute Gasteiger partial charge is 0.481 e. The monoisotopic (exact) mass is 234 g/mol. The molecule has 0 aliphatic carbocycles. The van der Waals surface area contributed by atoms with Gasteiger partial charge in [-0.05, 0) is 24.0 Å². The summed E-state index contributed by atoms with van der Waals surface area (Å²) in [6, 6.07) is 8.24. The van der Waals surface area contributed by atoms with E-state index in [4.69, 9.17) is 9.84 Å². The Balaban J connectivity index is 2.08. The van der Waals surface area contributed by atoms with E-state index in [9.17, 15) is 4.79 Å². The van der Waals surface area contributed by atoms with Crippen LogP contribution in [-0.4, -0.2) is 24.3 Å². The summed E-state index contributed by atoms with van der Waals surface area (Å²) in [6.45, 7) is 3.37. The van der Waals surface area contributed by atoms with E-state index < -0.39 is 5.97 Å². The topological polar surface area (TPSA) is 46.5 Å². The predicted molar refractivity (Wildman–Crippen MR) is 65.1 cm³/mol. The van der Waals surface area contributed by atoms with Gasteiger partial charge in [-0.25, -0.2) is 0 Å². The summed E-state index contributed by atoms with van der Waals surface area (Å²) in [5.41, 5.74) is 2.38. The second-order valence-corrected chi connectivity index (χ2v) is 4.75. The Hall–Kier alpha value is -1.35. The minimum atomic E-state index is -0.736. The molecule has 17 heavy (non-hydrogen) atoms. The fraction of sp³-hybridized carbons (Fsp3) is 0.500. The first-order chi connectivity index (χ1) is 8.16. The lowest BCUT2D eigenvalue weighted by Gasteiger charge is -2.11. The van der Waals surface area contributed by atoms with Crippen molar-refractivity contribution in [2.45, 2.75) is 25.7 Å². The molecule has 1 saturated heterocycles. The molecule has 2 atom stereocenters. The van der Waals surface area contributed by atoms with Crippen LogP contribution in [0.15, 0.2) is 24.3 Å². The number of carbonyl (C=O) groups is 1. The van der Waals surface area contributed by atoms with E-state index in [1.54, 1.807) is 6.92 Å². The highest BCUT2D eigenvalue weighted by atomic mass is 16.5. The number of rotatable bonds is 4. The van der Waals surface area contributed by atoms with Crippen molar-refractivity contribution < 1.29 is 14.6 Å². The summed E-state index contributed by atoms with van der Waals surface area (Å²) in [6.07, 6.45) is 1.66. The molecule has 2 rings (SSSR count). The Morgan fingerprint density at radius 1 is 1.59 bits per heavy atom. The second kappa shape index (κ2) is 5.32. The van der Waals surface area contributed by atoms with E-state index in [1.165, 1.54) is 5.56 Å². The molecule has 2 unspecified atom stereocenters. The molecule has 1 aromatic carbocycles. The molecule has 0 saturated carbocycles. The maximum absolute atomic E-state index is 10.8. The molecular formula is C14H18O3. The fourth-order valence-electron chi connectivity index (χ4n) is 2.21. The number of hydrogen-bond acceptors (Lipinski definition) is 2. The number of hydrogen-bond donors (Lipinski definition) is 1. The van der Waals surface area contributed by atoms with Crippen LogP contribution < -0.4 is 0 Å². The standard InChI is InChI=1S/C14H18O3/c1-10(14(15)16)7-11-3-2-4-12(8-11)13-5-6-17-9-13/h2-4,8,10,13H,5-7,9H2,1H3,(H,15,16). The van der Waals surface area contributed by atoms with E-state index in [0.717, 1.165) is 25.2 Å². The highest BCUT2D eigenvalue weighted by Gasteiger charge is 2.18. The lowest BCUT2D eigenvalue weighted by molar-refractivity contribution is -0.141. The third-order valence-corrected chi connectivity index (χ3v) is 3.32. The van der Waals surface area contributed by atoms with Gasteiger partial charge in [-0.15, -0.1) is 0 Å². The summed E-state index contributed by atoms with van der Waals surface area (Å²) in [4.78, 5) is 10.8. The number of carboxylic acids is 1. The van der Waals surface area contributed by atoms with Gasteiger partial charge in [0.15, 0.2) is 0 Å². The molecule has 92 valence electrons. The Bertz CT molecular complexity index is 394. The van der Waals surface area contributed by atoms with Crippen LogP contribution in [0.4, 0.5) is 0 Å². The number of ether oxygens (including phenoxy) is 1. The van der Waals surface area contributed by atoms with Crippen molar-refractivity contribution in [2.75, 3.05) is 13.2 Å². The molecule has 1 aliphatic heterocycles. The van der Waals surface area contributed by atoms with Gasteiger partial charge in [0.1, 0.15) is 0 Å². The van der Waals surface area contributed by atoms with Crippen LogP contribution in [-0.2, 0) is 16.0 Å². The van der Waals surface area contributed by atoms with Crippen molar-refractivity contribution in [3.05, 3.63) is 35.4 Å². The summed E-state index contributed by atoms with van der Waals surface area (Å²) in [5, 5.41) is 8.90. The maximum Gasteiger partial charge on any atom is 0.306 e. The van der Waals surface area contributed by atoms with Crippen LogP contribution in [0.5, 0.6) is 0 Å². The predicted octanol–water partition coefficient (Wildman–Crippen LogP) is 2.45. The zero-order chi connectivity index (χ0) is 12.3. The summed E-state index contributed by atoms with van der Waals surface area (Å²) < 4.78 is 5.38. The van der Waals surface area contributed by atoms with Crippen LogP contribution in [0.1, 0.15) is 30.4 Å². The minimum absolute atomic E-state index is 0.329. The van der Waals surface area contributed by atoms with Crippen molar-refractivity contribution in [1.29, 1.82) is 0 Å². The molecule has 3 heteroatoms. The molecule has 0 aromatic heterocycles. The van der Waals surface area contributed by atoms with Gasteiger partial charge in [0.2, 0.25) is 0 Å². The average molecular weight is 234 g/mol. The van der Waals surface area contributed by atoms with E-state index in [2.05, 4.69) is 12.1 Å². The van der Waals surface area contributed by atoms with Gasteiger partial charge >= 0.3 is 5.97 Å². The Morgan fingerprint density at radius 2 is 2.41 bits per heavy atom. The van der Waals surface area contributed by atoms with Gasteiger partial charge in [-0.1, -0.05) is 31.2 Å². The summed E-state index contributed by atoms with van der Waals surface area (Å²) in [5.74, 6) is -0.584. The first kappa shape index (κ1) is 12.1. The van der Waals surface area contributed by atoms with Gasteiger partial charge in [0, 0.05) is 12.5 Å². The van der Waals surface area contributed by atoms with Gasteiger partial charge in [-0.3, -0.25) is 4.79 Å². The summed E-state index contributed by atoms with van der Waals surface area (Å²) in [7, 11) is 0. The maximum atomic E-state index is 10.8. The average Bonchev–Trinajstić information content (AvgIpc) is 2.82. The van der Waals surface area contributed by atoms with Crippen molar-refractivity contribution in [2.24, 2.45) is 5.92 Å². The highest BCUT2D eigenvalue weighted by molar-refractivity contribution is 5.69. The second-order valence-electron chi connectivity index (χ2n) is 4.75. The summed E-state index contributed by atoms with van der Waals surface area (Å²) >= 11 is 0. The van der Waals surface area contributed by atoms with Gasteiger partial charge in [0.05, 0.1) is 12.5 Å². The third kappa shape index (κ3) is 3.07. The van der Waals surface area contributed by atoms with E-state index in [0.29, 0.717) is 12.3 Å². The molecule has 0 radical (unpaired) electrons. The molecule has 0 amide bonds. The zero-order valence-corrected chi connectivity index (χ0v) is 10.1. The van der Waals surface area contributed by atoms with Crippen molar-refractivity contribution in [3.8, 4) is 0 Å². The normalized spacial score (nSPS) is 21.4. The van der Waals surface area contributed by atoms with E-state index in [1.807, 2.05) is 12.1 Å². The van der Waals surface area contributed by atoms with Crippen LogP contribution in [0.3, 0.4) is 0 Å². The van der Waals surface area contributed by atoms with Gasteiger partial charge in [-0.2, -0.15) is 0 Å². The first-order valence-corrected chi connectivity index (χ1v) is 6.06. The van der Waals surface area contributed by atoms with Crippen LogP contribution >= 0.6 is 0 Å². The molecule has 1 fully saturated rings. The molecule has 1 heterocycles. The van der Waals surface area contributed by atoms with Gasteiger partial charge in [0.25, 0.3) is 0 Å². The van der Waals surface area contributed by atoms with Crippen LogP contribution in [0.25, 0.3) is 0 Å². The molecule has 0 spiro atoms. The molecule has 3 nitrogen and oxygen atoms in total. The lowest BCUT2D eigenvalue weighted by atomic mass is 9.93. The third-order valence-electron chi connectivity index (χ3n) is 3.32. The quantitative estimate of drug-likeness (QED) is 0.870. The van der Waals surface area contributed by atoms with E-state index >= 15 is 0 Å². The smallest absolute Gasteiger partial charge is 0.306 e. The fourth-order valence-corrected chi connectivity index (χ4v) is 2.21. The number of carboxylic acid groups (broad SMARTS) is 1. The highest BCUT2D eigenvalue weighted by Crippen LogP contribution is 2.26. The molecule has 0 bridgehead atoms. The van der Waals surface area contributed by atoms with Gasteiger partial charge < -0.3 is 9.84 Å². The van der Waals surface area contributed by atoms with Crippen molar-refractivity contribution in [3.63, 3.8) is 0 Å². The molecule has 1 N–H and O–H groups in total. The molecule has 1 aromatic rings. The van der Waals surface area contributed by atoms with E-state index in [-0.39, 0.29) is 5.92 Å². The SMILES string of the molecule is CC(Cc1cccc(C2CCOC2)c1)C(=O)O. The zero-order valence-electron chi connectivity index (χ0n) is 10.1. The Labute approximate surface area is 101 Å². The lowest BCUT2D eigenvalue weighted by Crippen LogP contribution is -2.12. The van der Waals surface area contributed by atoms with Crippen LogP contribution in [0.2, 0.25) is 0 Å². The number of benzene rings is 1. The van der Waals surface area contributed by atoms with Crippen molar-refractivity contribution >= 4 is 5.97 Å². The molecule has 1 aliphatic rings.